The monoisotopic (exact) mass is 277 g/mol. The Morgan fingerprint density at radius 2 is 2.32 bits per heavy atom. The van der Waals surface area contributed by atoms with E-state index in [-0.39, 0.29) is 25.3 Å². The summed E-state index contributed by atoms with van der Waals surface area (Å²) < 4.78 is 30.0. The summed E-state index contributed by atoms with van der Waals surface area (Å²) in [5, 5.41) is 8.82. The van der Waals surface area contributed by atoms with E-state index in [1.54, 1.807) is 6.92 Å². The molecule has 0 saturated carbocycles. The highest BCUT2D eigenvalue weighted by Gasteiger charge is 2.17. The minimum absolute atomic E-state index is 0.0869. The molecule has 0 aliphatic carbocycles. The lowest BCUT2D eigenvalue weighted by Gasteiger charge is -2.19. The average Bonchev–Trinajstić information content (AvgIpc) is 2.68. The zero-order valence-electron chi connectivity index (χ0n) is 10.5. The van der Waals surface area contributed by atoms with Crippen molar-refractivity contribution in [3.05, 3.63) is 23.2 Å². The number of alkyl halides is 2. The first-order valence-corrected chi connectivity index (χ1v) is 5.69. The summed E-state index contributed by atoms with van der Waals surface area (Å²) in [6.07, 6.45) is -2.51. The maximum absolute atomic E-state index is 12.3. The Morgan fingerprint density at radius 3 is 2.84 bits per heavy atom. The van der Waals surface area contributed by atoms with Crippen molar-refractivity contribution in [2.24, 2.45) is 5.84 Å². The van der Waals surface area contributed by atoms with Gasteiger partial charge in [0.05, 0.1) is 25.3 Å². The van der Waals surface area contributed by atoms with Crippen molar-refractivity contribution in [3.63, 3.8) is 0 Å². The van der Waals surface area contributed by atoms with Crippen molar-refractivity contribution >= 4 is 5.91 Å². The number of hydrogen-bond acceptors (Lipinski definition) is 5. The molecule has 0 radical (unpaired) electrons. The van der Waals surface area contributed by atoms with E-state index in [9.17, 15) is 13.6 Å². The largest absolute Gasteiger partial charge is 0.464 e. The number of halogens is 2. The molecule has 0 aliphatic heterocycles. The van der Waals surface area contributed by atoms with E-state index in [0.717, 1.165) is 0 Å². The standard InChI is InChI=1S/C11H17F2N3O3/c1-7-9(11(18)15-14)4-8(19-7)5-16(2-3-17)6-10(12)13/h4,10,17H,2-3,5-6,14H2,1H3,(H,15,18). The predicted molar refractivity (Wildman–Crippen MR) is 63.5 cm³/mol. The molecule has 0 spiro atoms. The van der Waals surface area contributed by atoms with Crippen molar-refractivity contribution in [1.82, 2.24) is 10.3 Å². The second kappa shape index (κ2) is 7.17. The summed E-state index contributed by atoms with van der Waals surface area (Å²) in [5.41, 5.74) is 2.24. The molecule has 1 aromatic heterocycles. The number of furan rings is 1. The van der Waals surface area contributed by atoms with Gasteiger partial charge in [-0.3, -0.25) is 15.1 Å². The van der Waals surface area contributed by atoms with Gasteiger partial charge in [0.1, 0.15) is 11.5 Å². The number of nitrogen functional groups attached to an aromatic ring is 1. The quantitative estimate of drug-likeness (QED) is 0.377. The van der Waals surface area contributed by atoms with Gasteiger partial charge in [0.15, 0.2) is 0 Å². The maximum atomic E-state index is 12.3. The topological polar surface area (TPSA) is 91.7 Å². The number of nitrogens with one attached hydrogen (secondary N) is 1. The van der Waals surface area contributed by atoms with E-state index in [4.69, 9.17) is 15.4 Å². The highest BCUT2D eigenvalue weighted by Crippen LogP contribution is 2.16. The fraction of sp³-hybridized carbons (Fsp3) is 0.545. The number of aryl methyl sites for hydroxylation is 1. The molecule has 6 nitrogen and oxygen atoms in total. The molecule has 0 aromatic carbocycles. The van der Waals surface area contributed by atoms with Crippen LogP contribution in [0.15, 0.2) is 10.5 Å². The van der Waals surface area contributed by atoms with Gasteiger partial charge in [-0.2, -0.15) is 0 Å². The molecule has 108 valence electrons. The minimum Gasteiger partial charge on any atom is -0.464 e. The van der Waals surface area contributed by atoms with Crippen molar-refractivity contribution in [3.8, 4) is 0 Å². The molecule has 1 heterocycles. The van der Waals surface area contributed by atoms with Gasteiger partial charge in [0.2, 0.25) is 0 Å². The van der Waals surface area contributed by atoms with Gasteiger partial charge in [0.25, 0.3) is 12.3 Å². The Labute approximate surface area is 109 Å². The number of rotatable bonds is 7. The summed E-state index contributed by atoms with van der Waals surface area (Å²) in [7, 11) is 0. The number of carbonyl (C=O) groups excluding carboxylic acids is 1. The van der Waals surface area contributed by atoms with Crippen LogP contribution in [0.3, 0.4) is 0 Å². The molecular weight excluding hydrogens is 260 g/mol. The van der Waals surface area contributed by atoms with Crippen LogP contribution in [0.2, 0.25) is 0 Å². The third kappa shape index (κ3) is 4.58. The van der Waals surface area contributed by atoms with E-state index in [1.165, 1.54) is 11.0 Å². The summed E-state index contributed by atoms with van der Waals surface area (Å²) >= 11 is 0. The lowest BCUT2D eigenvalue weighted by molar-refractivity contribution is 0.0711. The second-order valence-electron chi connectivity index (χ2n) is 4.01. The molecule has 1 rings (SSSR count). The van der Waals surface area contributed by atoms with E-state index >= 15 is 0 Å². The molecule has 0 atom stereocenters. The number of nitrogens with two attached hydrogens (primary N) is 1. The van der Waals surface area contributed by atoms with Crippen LogP contribution in [0.5, 0.6) is 0 Å². The van der Waals surface area contributed by atoms with Crippen LogP contribution >= 0.6 is 0 Å². The van der Waals surface area contributed by atoms with Crippen LogP contribution in [0, 0.1) is 6.92 Å². The van der Waals surface area contributed by atoms with Gasteiger partial charge in [0, 0.05) is 6.54 Å². The number of nitrogens with zero attached hydrogens (tertiary/aromatic N) is 1. The van der Waals surface area contributed by atoms with Gasteiger partial charge in [-0.1, -0.05) is 0 Å². The molecule has 0 unspecified atom stereocenters. The first kappa shape index (κ1) is 15.5. The lowest BCUT2D eigenvalue weighted by atomic mass is 10.2. The fourth-order valence-corrected chi connectivity index (χ4v) is 1.72. The Balaban J connectivity index is 2.76. The molecule has 0 saturated heterocycles. The Bertz CT molecular complexity index is 423. The van der Waals surface area contributed by atoms with Crippen LogP contribution in [0.1, 0.15) is 21.9 Å². The van der Waals surface area contributed by atoms with Gasteiger partial charge in [-0.25, -0.2) is 14.6 Å². The second-order valence-corrected chi connectivity index (χ2v) is 4.01. The summed E-state index contributed by atoms with van der Waals surface area (Å²) in [6, 6.07) is 1.45. The SMILES string of the molecule is Cc1oc(CN(CCO)CC(F)F)cc1C(=O)NN. The molecule has 1 amide bonds. The van der Waals surface area contributed by atoms with Crippen LogP contribution in [-0.4, -0.2) is 42.0 Å². The molecule has 1 aromatic rings. The number of hydrogen-bond donors (Lipinski definition) is 3. The molecular formula is C11H17F2N3O3. The number of carbonyl (C=O) groups is 1. The number of aliphatic hydroxyl groups is 1. The van der Waals surface area contributed by atoms with Crippen LogP contribution in [0.4, 0.5) is 8.78 Å². The predicted octanol–water partition coefficient (Wildman–Crippen LogP) is 0.251. The highest BCUT2D eigenvalue weighted by molar-refractivity contribution is 5.94. The third-order valence-corrected chi connectivity index (χ3v) is 2.54. The van der Waals surface area contributed by atoms with Crippen LogP contribution in [0.25, 0.3) is 0 Å². The van der Waals surface area contributed by atoms with E-state index in [2.05, 4.69) is 0 Å². The normalized spacial score (nSPS) is 11.3. The van der Waals surface area contributed by atoms with Crippen molar-refractivity contribution < 1.29 is 23.1 Å². The Morgan fingerprint density at radius 1 is 1.63 bits per heavy atom. The van der Waals surface area contributed by atoms with E-state index < -0.39 is 18.9 Å². The minimum atomic E-state index is -2.51. The van der Waals surface area contributed by atoms with Crippen LogP contribution < -0.4 is 11.3 Å². The molecule has 19 heavy (non-hydrogen) atoms. The van der Waals surface area contributed by atoms with Crippen LogP contribution in [-0.2, 0) is 6.54 Å². The van der Waals surface area contributed by atoms with Crippen molar-refractivity contribution in [2.75, 3.05) is 19.7 Å². The number of hydrazine groups is 1. The highest BCUT2D eigenvalue weighted by atomic mass is 19.3. The maximum Gasteiger partial charge on any atom is 0.268 e. The van der Waals surface area contributed by atoms with Gasteiger partial charge in [-0.15, -0.1) is 0 Å². The number of aliphatic hydroxyl groups excluding tert-OH is 1. The third-order valence-electron chi connectivity index (χ3n) is 2.54. The molecule has 4 N–H and O–H groups in total. The Kier molecular flexibility index (Phi) is 5.87. The lowest BCUT2D eigenvalue weighted by Crippen LogP contribution is -2.31. The zero-order valence-corrected chi connectivity index (χ0v) is 10.5. The summed E-state index contributed by atoms with van der Waals surface area (Å²) in [5.74, 6) is 5.23. The summed E-state index contributed by atoms with van der Waals surface area (Å²) in [6.45, 7) is 1.06. The van der Waals surface area contributed by atoms with E-state index in [0.29, 0.717) is 11.5 Å². The van der Waals surface area contributed by atoms with Crippen molar-refractivity contribution in [2.45, 2.75) is 19.9 Å². The fourth-order valence-electron chi connectivity index (χ4n) is 1.72. The van der Waals surface area contributed by atoms with Crippen molar-refractivity contribution in [1.29, 1.82) is 0 Å². The Hall–Kier alpha value is -1.51. The molecule has 8 heteroatoms. The first-order chi connectivity index (χ1) is 8.97. The van der Waals surface area contributed by atoms with Gasteiger partial charge >= 0.3 is 0 Å². The zero-order chi connectivity index (χ0) is 14.4. The average molecular weight is 277 g/mol. The molecule has 0 bridgehead atoms. The molecule has 0 aliphatic rings. The van der Waals surface area contributed by atoms with Gasteiger partial charge in [-0.05, 0) is 13.0 Å². The first-order valence-electron chi connectivity index (χ1n) is 5.69. The summed E-state index contributed by atoms with van der Waals surface area (Å²) in [4.78, 5) is 12.7. The number of amides is 1. The molecule has 0 fully saturated rings. The van der Waals surface area contributed by atoms with E-state index in [1.807, 2.05) is 5.43 Å². The smallest absolute Gasteiger partial charge is 0.268 e. The van der Waals surface area contributed by atoms with Gasteiger partial charge < -0.3 is 9.52 Å².